The number of methoxy groups -OCH3 is 1. The van der Waals surface area contributed by atoms with Gasteiger partial charge in [0, 0.05) is 18.0 Å². The Balaban J connectivity index is 0.00000160. The third kappa shape index (κ3) is 5.56. The number of hydrogen-bond acceptors (Lipinski definition) is 5. The number of nitrogens with zero attached hydrogens (tertiary/aromatic N) is 1. The number of amides is 1. The third-order valence-electron chi connectivity index (χ3n) is 6.07. The van der Waals surface area contributed by atoms with Gasteiger partial charge in [-0.05, 0) is 67.9 Å². The second-order valence-corrected chi connectivity index (χ2v) is 7.85. The number of rotatable bonds is 5. The quantitative estimate of drug-likeness (QED) is 0.677. The van der Waals surface area contributed by atoms with Crippen molar-refractivity contribution in [3.8, 4) is 17.4 Å². The van der Waals surface area contributed by atoms with E-state index in [-0.39, 0.29) is 42.7 Å². The van der Waals surface area contributed by atoms with E-state index < -0.39 is 0 Å². The molecule has 1 heterocycles. The number of nitrogens with two attached hydrogens (primary N) is 1. The minimum Gasteiger partial charge on any atom is -0.497 e. The molecule has 0 spiro atoms. The summed E-state index contributed by atoms with van der Waals surface area (Å²) in [5, 5.41) is 3.01. The Hall–Kier alpha value is -2.02. The zero-order valence-corrected chi connectivity index (χ0v) is 18.6. The predicted molar refractivity (Wildman–Crippen MR) is 122 cm³/mol. The van der Waals surface area contributed by atoms with Crippen molar-refractivity contribution in [2.24, 2.45) is 23.5 Å². The van der Waals surface area contributed by atoms with Crippen molar-refractivity contribution in [1.82, 2.24) is 4.98 Å². The Morgan fingerprint density at radius 1 is 1.03 bits per heavy atom. The molecule has 4 rings (SSSR count). The van der Waals surface area contributed by atoms with Crippen LogP contribution in [0.5, 0.6) is 17.4 Å². The first kappa shape index (κ1) is 24.3. The Morgan fingerprint density at radius 3 is 2.23 bits per heavy atom. The summed E-state index contributed by atoms with van der Waals surface area (Å²) in [6.07, 6.45) is 6.98. The summed E-state index contributed by atoms with van der Waals surface area (Å²) in [6.45, 7) is 0. The van der Waals surface area contributed by atoms with Crippen molar-refractivity contribution >= 4 is 36.4 Å². The van der Waals surface area contributed by atoms with Crippen LogP contribution >= 0.6 is 24.8 Å². The van der Waals surface area contributed by atoms with Gasteiger partial charge in [0.05, 0.1) is 19.0 Å². The standard InChI is InChI=1S/C22H27N3O3.2ClH/c1-27-18-6-8-19(9-7-18)28-20-10-5-17(13-24-20)25-22(26)16-11-14-3-2-4-15(12-16)21(14)23;;/h5-10,13-16,21H,2-4,11-12,23H2,1H3,(H,25,26);2*1H. The molecule has 0 radical (unpaired) electrons. The molecule has 8 heteroatoms. The number of ether oxygens (including phenoxy) is 2. The zero-order chi connectivity index (χ0) is 19.5. The number of carbonyl (C=O) groups is 1. The van der Waals surface area contributed by atoms with Crippen molar-refractivity contribution in [2.75, 3.05) is 12.4 Å². The van der Waals surface area contributed by atoms with Gasteiger partial charge in [0.15, 0.2) is 0 Å². The van der Waals surface area contributed by atoms with Crippen LogP contribution in [-0.2, 0) is 4.79 Å². The number of benzene rings is 1. The second kappa shape index (κ2) is 10.8. The van der Waals surface area contributed by atoms with Gasteiger partial charge in [0.25, 0.3) is 0 Å². The Kier molecular flexibility index (Phi) is 8.77. The second-order valence-electron chi connectivity index (χ2n) is 7.85. The van der Waals surface area contributed by atoms with Gasteiger partial charge in [0.2, 0.25) is 11.8 Å². The van der Waals surface area contributed by atoms with Gasteiger partial charge in [-0.3, -0.25) is 4.79 Å². The third-order valence-corrected chi connectivity index (χ3v) is 6.07. The van der Waals surface area contributed by atoms with Crippen LogP contribution in [0.25, 0.3) is 0 Å². The highest BCUT2D eigenvalue weighted by molar-refractivity contribution is 5.92. The first-order chi connectivity index (χ1) is 13.6. The average molecular weight is 454 g/mol. The first-order valence-electron chi connectivity index (χ1n) is 9.97. The van der Waals surface area contributed by atoms with Crippen molar-refractivity contribution in [1.29, 1.82) is 0 Å². The maximum atomic E-state index is 12.7. The van der Waals surface area contributed by atoms with Crippen molar-refractivity contribution in [3.05, 3.63) is 42.6 Å². The molecule has 1 amide bonds. The van der Waals surface area contributed by atoms with E-state index >= 15 is 0 Å². The van der Waals surface area contributed by atoms with E-state index in [9.17, 15) is 4.79 Å². The highest BCUT2D eigenvalue weighted by Gasteiger charge is 2.40. The molecule has 1 aromatic carbocycles. The lowest BCUT2D eigenvalue weighted by atomic mass is 9.65. The monoisotopic (exact) mass is 453 g/mol. The molecule has 6 nitrogen and oxygen atoms in total. The van der Waals surface area contributed by atoms with Gasteiger partial charge in [-0.1, -0.05) is 6.42 Å². The van der Waals surface area contributed by atoms with Gasteiger partial charge in [-0.25, -0.2) is 4.98 Å². The fourth-order valence-corrected chi connectivity index (χ4v) is 4.53. The summed E-state index contributed by atoms with van der Waals surface area (Å²) < 4.78 is 10.9. The molecule has 2 aromatic rings. The van der Waals surface area contributed by atoms with E-state index in [1.54, 1.807) is 19.4 Å². The van der Waals surface area contributed by atoms with Crippen LogP contribution in [0.4, 0.5) is 5.69 Å². The number of halogens is 2. The van der Waals surface area contributed by atoms with Crippen LogP contribution in [0.3, 0.4) is 0 Å². The van der Waals surface area contributed by atoms with Crippen LogP contribution in [0.1, 0.15) is 32.1 Å². The van der Waals surface area contributed by atoms with E-state index in [2.05, 4.69) is 10.3 Å². The molecule has 2 atom stereocenters. The fourth-order valence-electron chi connectivity index (χ4n) is 4.53. The molecule has 0 aliphatic heterocycles. The molecule has 2 aliphatic rings. The zero-order valence-electron chi connectivity index (χ0n) is 17.0. The van der Waals surface area contributed by atoms with E-state index in [1.165, 1.54) is 6.42 Å². The molecule has 2 unspecified atom stereocenters. The maximum Gasteiger partial charge on any atom is 0.227 e. The van der Waals surface area contributed by atoms with E-state index in [0.717, 1.165) is 31.4 Å². The highest BCUT2D eigenvalue weighted by Crippen LogP contribution is 2.42. The van der Waals surface area contributed by atoms with Crippen LogP contribution in [0, 0.1) is 17.8 Å². The molecule has 30 heavy (non-hydrogen) atoms. The van der Waals surface area contributed by atoms with Crippen LogP contribution in [-0.4, -0.2) is 24.0 Å². The van der Waals surface area contributed by atoms with E-state index in [0.29, 0.717) is 29.2 Å². The lowest BCUT2D eigenvalue weighted by Crippen LogP contribution is -2.48. The predicted octanol–water partition coefficient (Wildman–Crippen LogP) is 4.82. The fraction of sp³-hybridized carbons (Fsp3) is 0.455. The first-order valence-corrected chi connectivity index (χ1v) is 9.97. The molecule has 2 bridgehead atoms. The van der Waals surface area contributed by atoms with Gasteiger partial charge in [-0.2, -0.15) is 0 Å². The number of aromatic nitrogens is 1. The van der Waals surface area contributed by atoms with Gasteiger partial charge >= 0.3 is 0 Å². The smallest absolute Gasteiger partial charge is 0.227 e. The molecule has 164 valence electrons. The lowest BCUT2D eigenvalue weighted by Gasteiger charge is -2.43. The number of fused-ring (bicyclic) bond motifs is 2. The van der Waals surface area contributed by atoms with Gasteiger partial charge in [-0.15, -0.1) is 24.8 Å². The number of nitrogens with one attached hydrogen (secondary N) is 1. The van der Waals surface area contributed by atoms with Crippen LogP contribution in [0.2, 0.25) is 0 Å². The van der Waals surface area contributed by atoms with Crippen molar-refractivity contribution in [2.45, 2.75) is 38.1 Å². The summed E-state index contributed by atoms with van der Waals surface area (Å²) in [4.78, 5) is 17.0. The van der Waals surface area contributed by atoms with Gasteiger partial charge in [0.1, 0.15) is 11.5 Å². The average Bonchev–Trinajstić information content (AvgIpc) is 2.70. The summed E-state index contributed by atoms with van der Waals surface area (Å²) in [6, 6.07) is 11.1. The highest BCUT2D eigenvalue weighted by atomic mass is 35.5. The normalized spacial score (nSPS) is 24.6. The van der Waals surface area contributed by atoms with Crippen molar-refractivity contribution in [3.63, 3.8) is 0 Å². The summed E-state index contributed by atoms with van der Waals surface area (Å²) >= 11 is 0. The minimum absolute atomic E-state index is 0. The SMILES string of the molecule is COc1ccc(Oc2ccc(NC(=O)C3CC4CCCC(C3)C4N)cn2)cc1.Cl.Cl. The van der Waals surface area contributed by atoms with Crippen LogP contribution < -0.4 is 20.5 Å². The maximum absolute atomic E-state index is 12.7. The molecular weight excluding hydrogens is 425 g/mol. The summed E-state index contributed by atoms with van der Waals surface area (Å²) in [7, 11) is 1.62. The molecule has 1 aromatic heterocycles. The Morgan fingerprint density at radius 2 is 1.67 bits per heavy atom. The van der Waals surface area contributed by atoms with E-state index in [4.69, 9.17) is 15.2 Å². The molecule has 0 saturated heterocycles. The largest absolute Gasteiger partial charge is 0.497 e. The number of anilines is 1. The minimum atomic E-state index is 0. The molecule has 2 saturated carbocycles. The summed E-state index contributed by atoms with van der Waals surface area (Å²) in [5.74, 6) is 3.02. The lowest BCUT2D eigenvalue weighted by molar-refractivity contribution is -0.122. The molecule has 2 fully saturated rings. The molecular formula is C22H29Cl2N3O3. The van der Waals surface area contributed by atoms with E-state index in [1.807, 2.05) is 30.3 Å². The molecule has 3 N–H and O–H groups in total. The Labute approximate surface area is 189 Å². The van der Waals surface area contributed by atoms with Gasteiger partial charge < -0.3 is 20.5 Å². The number of pyridine rings is 1. The number of carbonyl (C=O) groups excluding carboxylic acids is 1. The topological polar surface area (TPSA) is 86.5 Å². The molecule has 2 aliphatic carbocycles. The summed E-state index contributed by atoms with van der Waals surface area (Å²) in [5.41, 5.74) is 7.02. The van der Waals surface area contributed by atoms with Crippen LogP contribution in [0.15, 0.2) is 42.6 Å². The number of hydrogen-bond donors (Lipinski definition) is 2. The Bertz CT molecular complexity index is 803. The van der Waals surface area contributed by atoms with Crippen molar-refractivity contribution < 1.29 is 14.3 Å².